The van der Waals surface area contributed by atoms with Crippen molar-refractivity contribution in [2.24, 2.45) is 0 Å². The minimum atomic E-state index is -0.711. The van der Waals surface area contributed by atoms with Crippen LogP contribution < -0.4 is 15.7 Å². The first kappa shape index (κ1) is 17.2. The zero-order valence-corrected chi connectivity index (χ0v) is 15.3. The average Bonchev–Trinajstić information content (AvgIpc) is 2.56. The Morgan fingerprint density at radius 2 is 1.88 bits per heavy atom. The third kappa shape index (κ3) is 4.09. The van der Waals surface area contributed by atoms with Crippen LogP contribution in [-0.2, 0) is 4.79 Å². The van der Waals surface area contributed by atoms with E-state index in [4.69, 9.17) is 9.15 Å². The number of benzene rings is 2. The van der Waals surface area contributed by atoms with E-state index in [0.717, 1.165) is 15.4 Å². The predicted molar refractivity (Wildman–Crippen MR) is 100 cm³/mol. The first-order valence-corrected chi connectivity index (χ1v) is 8.49. The number of carbonyl (C=O) groups is 1. The number of rotatable bonds is 4. The second-order valence-electron chi connectivity index (χ2n) is 5.66. The Morgan fingerprint density at radius 3 is 2.60 bits per heavy atom. The summed E-state index contributed by atoms with van der Waals surface area (Å²) in [6.45, 7) is 3.50. The SMILES string of the molecule is Cc1cc(=O)oc2cc(OC(C)C(=O)Nc3ccc(Br)cc3)ccc12. The molecule has 3 rings (SSSR count). The number of anilines is 1. The minimum Gasteiger partial charge on any atom is -0.481 e. The maximum absolute atomic E-state index is 12.3. The lowest BCUT2D eigenvalue weighted by molar-refractivity contribution is -0.122. The number of fused-ring (bicyclic) bond motifs is 1. The fourth-order valence-electron chi connectivity index (χ4n) is 2.41. The summed E-state index contributed by atoms with van der Waals surface area (Å²) < 4.78 is 11.8. The van der Waals surface area contributed by atoms with Crippen LogP contribution in [0, 0.1) is 6.92 Å². The van der Waals surface area contributed by atoms with Crippen LogP contribution in [0.1, 0.15) is 12.5 Å². The molecule has 1 atom stereocenters. The number of carbonyl (C=O) groups excluding carboxylic acids is 1. The minimum absolute atomic E-state index is 0.270. The number of amides is 1. The van der Waals surface area contributed by atoms with Crippen molar-refractivity contribution in [3.63, 3.8) is 0 Å². The smallest absolute Gasteiger partial charge is 0.336 e. The number of aryl methyl sites for hydroxylation is 1. The van der Waals surface area contributed by atoms with Crippen LogP contribution in [-0.4, -0.2) is 12.0 Å². The van der Waals surface area contributed by atoms with E-state index >= 15 is 0 Å². The highest BCUT2D eigenvalue weighted by atomic mass is 79.9. The Kier molecular flexibility index (Phi) is 4.90. The molecule has 1 amide bonds. The van der Waals surface area contributed by atoms with Crippen molar-refractivity contribution in [3.05, 3.63) is 69.0 Å². The number of nitrogens with one attached hydrogen (secondary N) is 1. The highest BCUT2D eigenvalue weighted by Crippen LogP contribution is 2.23. The Hall–Kier alpha value is -2.60. The van der Waals surface area contributed by atoms with Crippen molar-refractivity contribution < 1.29 is 13.9 Å². The summed E-state index contributed by atoms with van der Waals surface area (Å²) in [7, 11) is 0. The van der Waals surface area contributed by atoms with Crippen molar-refractivity contribution in [2.75, 3.05) is 5.32 Å². The van der Waals surface area contributed by atoms with E-state index in [1.165, 1.54) is 6.07 Å². The lowest BCUT2D eigenvalue weighted by atomic mass is 10.1. The van der Waals surface area contributed by atoms with Gasteiger partial charge < -0.3 is 14.5 Å². The molecule has 0 saturated carbocycles. The van der Waals surface area contributed by atoms with Gasteiger partial charge in [-0.25, -0.2) is 4.79 Å². The van der Waals surface area contributed by atoms with Crippen molar-refractivity contribution in [1.29, 1.82) is 0 Å². The predicted octanol–water partition coefficient (Wildman–Crippen LogP) is 4.27. The molecular formula is C19H16BrNO4. The van der Waals surface area contributed by atoms with Crippen LogP contribution in [0.4, 0.5) is 5.69 Å². The molecule has 5 nitrogen and oxygen atoms in total. The van der Waals surface area contributed by atoms with E-state index in [1.54, 1.807) is 31.2 Å². The van der Waals surface area contributed by atoms with Gasteiger partial charge in [-0.2, -0.15) is 0 Å². The van der Waals surface area contributed by atoms with Crippen molar-refractivity contribution in [1.82, 2.24) is 0 Å². The van der Waals surface area contributed by atoms with Gasteiger partial charge in [-0.3, -0.25) is 4.79 Å². The van der Waals surface area contributed by atoms with Gasteiger partial charge in [0.2, 0.25) is 0 Å². The van der Waals surface area contributed by atoms with Gasteiger partial charge in [0.25, 0.3) is 5.91 Å². The van der Waals surface area contributed by atoms with Gasteiger partial charge in [-0.1, -0.05) is 15.9 Å². The van der Waals surface area contributed by atoms with Crippen molar-refractivity contribution in [3.8, 4) is 5.75 Å². The molecule has 0 fully saturated rings. The summed E-state index contributed by atoms with van der Waals surface area (Å²) in [4.78, 5) is 23.8. The second kappa shape index (κ2) is 7.11. The Labute approximate surface area is 152 Å². The molecule has 1 unspecified atom stereocenters. The van der Waals surface area contributed by atoms with Crippen LogP contribution in [0.25, 0.3) is 11.0 Å². The number of halogens is 1. The maximum atomic E-state index is 12.3. The molecule has 0 aliphatic rings. The first-order valence-electron chi connectivity index (χ1n) is 7.70. The number of hydrogen-bond acceptors (Lipinski definition) is 4. The molecular weight excluding hydrogens is 386 g/mol. The molecule has 0 bridgehead atoms. The van der Waals surface area contributed by atoms with E-state index in [-0.39, 0.29) is 5.91 Å². The second-order valence-corrected chi connectivity index (χ2v) is 6.58. The van der Waals surface area contributed by atoms with E-state index in [0.29, 0.717) is 17.0 Å². The Balaban J connectivity index is 1.74. The van der Waals surface area contributed by atoms with Gasteiger partial charge in [-0.15, -0.1) is 0 Å². The van der Waals surface area contributed by atoms with Crippen LogP contribution in [0.3, 0.4) is 0 Å². The summed E-state index contributed by atoms with van der Waals surface area (Å²) >= 11 is 3.35. The molecule has 0 radical (unpaired) electrons. The van der Waals surface area contributed by atoms with E-state index < -0.39 is 11.7 Å². The topological polar surface area (TPSA) is 68.5 Å². The van der Waals surface area contributed by atoms with Gasteiger partial charge in [0.15, 0.2) is 6.10 Å². The normalized spacial score (nSPS) is 12.0. The largest absolute Gasteiger partial charge is 0.481 e. The molecule has 1 aromatic heterocycles. The fourth-order valence-corrected chi connectivity index (χ4v) is 2.68. The van der Waals surface area contributed by atoms with Crippen LogP contribution in [0.2, 0.25) is 0 Å². The zero-order valence-electron chi connectivity index (χ0n) is 13.7. The van der Waals surface area contributed by atoms with E-state index in [1.807, 2.05) is 25.1 Å². The molecule has 0 spiro atoms. The molecule has 3 aromatic rings. The third-order valence-corrected chi connectivity index (χ3v) is 4.25. The molecule has 2 aromatic carbocycles. The summed E-state index contributed by atoms with van der Waals surface area (Å²) in [5.74, 6) is 0.188. The standard InChI is InChI=1S/C19H16BrNO4/c1-11-9-18(22)25-17-10-15(7-8-16(11)17)24-12(2)19(23)21-14-5-3-13(20)4-6-14/h3-10,12H,1-2H3,(H,21,23). The molecule has 0 aliphatic carbocycles. The quantitative estimate of drug-likeness (QED) is 0.662. The van der Waals surface area contributed by atoms with E-state index in [9.17, 15) is 9.59 Å². The molecule has 128 valence electrons. The molecule has 0 aliphatic heterocycles. The highest BCUT2D eigenvalue weighted by molar-refractivity contribution is 9.10. The van der Waals surface area contributed by atoms with Gasteiger partial charge in [-0.05, 0) is 55.8 Å². The highest BCUT2D eigenvalue weighted by Gasteiger charge is 2.15. The van der Waals surface area contributed by atoms with Gasteiger partial charge >= 0.3 is 5.63 Å². The van der Waals surface area contributed by atoms with Crippen LogP contribution in [0.5, 0.6) is 5.75 Å². The summed E-state index contributed by atoms with van der Waals surface area (Å²) in [5, 5.41) is 3.62. The lowest BCUT2D eigenvalue weighted by Crippen LogP contribution is -2.30. The molecule has 25 heavy (non-hydrogen) atoms. The first-order chi connectivity index (χ1) is 11.9. The van der Waals surface area contributed by atoms with Crippen LogP contribution >= 0.6 is 15.9 Å². The molecule has 1 N–H and O–H groups in total. The summed E-state index contributed by atoms with van der Waals surface area (Å²) in [6.07, 6.45) is -0.711. The van der Waals surface area contributed by atoms with Gasteiger partial charge in [0.05, 0.1) is 0 Å². The molecule has 1 heterocycles. The zero-order chi connectivity index (χ0) is 18.0. The van der Waals surface area contributed by atoms with Crippen molar-refractivity contribution >= 4 is 38.5 Å². The summed E-state index contributed by atoms with van der Waals surface area (Å²) in [5.41, 5.74) is 1.54. The van der Waals surface area contributed by atoms with Crippen LogP contribution in [0.15, 0.2) is 62.2 Å². The average molecular weight is 402 g/mol. The number of hydrogen-bond donors (Lipinski definition) is 1. The molecule has 0 saturated heterocycles. The molecule has 6 heteroatoms. The van der Waals surface area contributed by atoms with E-state index in [2.05, 4.69) is 21.2 Å². The van der Waals surface area contributed by atoms with Gasteiger partial charge in [0.1, 0.15) is 11.3 Å². The summed E-state index contributed by atoms with van der Waals surface area (Å²) in [6, 6.07) is 13.9. The van der Waals surface area contributed by atoms with Gasteiger partial charge in [0, 0.05) is 27.7 Å². The lowest BCUT2D eigenvalue weighted by Gasteiger charge is -2.15. The van der Waals surface area contributed by atoms with Crippen molar-refractivity contribution in [2.45, 2.75) is 20.0 Å². The Bertz CT molecular complexity index is 979. The number of ether oxygens (including phenoxy) is 1. The Morgan fingerprint density at radius 1 is 1.16 bits per heavy atom. The fraction of sp³-hybridized carbons (Fsp3) is 0.158. The monoisotopic (exact) mass is 401 g/mol. The maximum Gasteiger partial charge on any atom is 0.336 e. The third-order valence-electron chi connectivity index (χ3n) is 3.72.